The lowest BCUT2D eigenvalue weighted by Gasteiger charge is -2.01. The lowest BCUT2D eigenvalue weighted by molar-refractivity contribution is 0.277. The van der Waals surface area contributed by atoms with Crippen molar-refractivity contribution >= 4 is 0 Å². The second-order valence-corrected chi connectivity index (χ2v) is 10.5. The van der Waals surface area contributed by atoms with E-state index < -0.39 is 0 Å². The van der Waals surface area contributed by atoms with E-state index in [0.29, 0.717) is 11.8 Å². The summed E-state index contributed by atoms with van der Waals surface area (Å²) < 4.78 is 23.2. The van der Waals surface area contributed by atoms with Gasteiger partial charge in [-0.05, 0) is 59.4 Å². The Morgan fingerprint density at radius 3 is 0.562 bits per heavy atom. The van der Waals surface area contributed by atoms with Crippen LogP contribution in [-0.2, 0) is 9.47 Å². The van der Waals surface area contributed by atoms with Crippen molar-refractivity contribution in [1.29, 1.82) is 0 Å². The molecule has 262 valence electrons. The summed E-state index contributed by atoms with van der Waals surface area (Å²) in [6.07, 6.45) is 0. The van der Waals surface area contributed by atoms with Crippen LogP contribution in [0.5, 0.6) is 17.2 Å². The van der Waals surface area contributed by atoms with Crippen molar-refractivity contribution < 1.29 is 23.7 Å². The maximum absolute atomic E-state index is 4.91. The second-order valence-electron chi connectivity index (χ2n) is 10.5. The third-order valence-corrected chi connectivity index (χ3v) is 5.87. The highest BCUT2D eigenvalue weighted by Gasteiger charge is 1.94. The Morgan fingerprint density at radius 1 is 0.292 bits per heavy atom. The van der Waals surface area contributed by atoms with Gasteiger partial charge in [0.05, 0.1) is 21.3 Å². The van der Waals surface area contributed by atoms with Crippen molar-refractivity contribution in [2.75, 3.05) is 49.8 Å². The molecule has 5 aromatic carbocycles. The Labute approximate surface area is 292 Å². The number of ether oxygens (including phenoxy) is 5. The van der Waals surface area contributed by atoms with Crippen LogP contribution in [0.15, 0.2) is 152 Å². The van der Waals surface area contributed by atoms with Gasteiger partial charge < -0.3 is 23.7 Å². The van der Waals surface area contributed by atoms with Gasteiger partial charge in [0.1, 0.15) is 17.2 Å². The molecule has 5 heteroatoms. The summed E-state index contributed by atoms with van der Waals surface area (Å²) in [5.41, 5.74) is 2.83. The van der Waals surface area contributed by atoms with Crippen LogP contribution < -0.4 is 14.2 Å². The van der Waals surface area contributed by atoms with E-state index in [2.05, 4.69) is 85.7 Å². The summed E-state index contributed by atoms with van der Waals surface area (Å²) in [6, 6.07) is 50.1. The van der Waals surface area contributed by atoms with Gasteiger partial charge in [-0.15, -0.1) is 0 Å². The van der Waals surface area contributed by atoms with Crippen LogP contribution in [-0.4, -0.2) is 49.8 Å². The molecule has 0 spiro atoms. The number of hydrogen-bond donors (Lipinski definition) is 0. The molecular formula is C43H60O5. The van der Waals surface area contributed by atoms with E-state index in [4.69, 9.17) is 14.2 Å². The van der Waals surface area contributed by atoms with Crippen LogP contribution in [0.4, 0.5) is 0 Å². The molecule has 0 N–H and O–H groups in total. The zero-order valence-electron chi connectivity index (χ0n) is 31.1. The molecule has 5 aromatic rings. The van der Waals surface area contributed by atoms with Gasteiger partial charge in [0.15, 0.2) is 0 Å². The van der Waals surface area contributed by atoms with E-state index in [1.54, 1.807) is 49.8 Å². The van der Waals surface area contributed by atoms with Gasteiger partial charge >= 0.3 is 0 Å². The summed E-state index contributed by atoms with van der Waals surface area (Å²) in [6.45, 7) is 8.81. The predicted molar refractivity (Wildman–Crippen MR) is 206 cm³/mol. The van der Waals surface area contributed by atoms with Crippen LogP contribution >= 0.6 is 0 Å². The SMILES string of the molecule is CC(C)c1ccccc1.CC(C)c1ccccc1.COC.COC.COc1ccccc1.COc1ccccc1.COc1ccccc1. The van der Waals surface area contributed by atoms with Crippen LogP contribution in [0.25, 0.3) is 0 Å². The van der Waals surface area contributed by atoms with E-state index >= 15 is 0 Å². The molecule has 5 nitrogen and oxygen atoms in total. The van der Waals surface area contributed by atoms with Gasteiger partial charge in [-0.3, -0.25) is 0 Å². The number of hydrogen-bond acceptors (Lipinski definition) is 5. The fraction of sp³-hybridized carbons (Fsp3) is 0.302. The van der Waals surface area contributed by atoms with Gasteiger partial charge in [0.2, 0.25) is 0 Å². The molecule has 0 heterocycles. The Morgan fingerprint density at radius 2 is 0.458 bits per heavy atom. The second kappa shape index (κ2) is 33.8. The van der Waals surface area contributed by atoms with E-state index in [9.17, 15) is 0 Å². The third kappa shape index (κ3) is 27.7. The Bertz CT molecular complexity index is 1140. The normalized spacial score (nSPS) is 8.85. The Kier molecular flexibility index (Phi) is 32.0. The van der Waals surface area contributed by atoms with Gasteiger partial charge in [-0.25, -0.2) is 0 Å². The molecule has 5 rings (SSSR count). The highest BCUT2D eigenvalue weighted by molar-refractivity contribution is 5.22. The first kappa shape index (κ1) is 45.5. The lowest BCUT2D eigenvalue weighted by Crippen LogP contribution is -1.83. The van der Waals surface area contributed by atoms with E-state index in [0.717, 1.165) is 17.2 Å². The highest BCUT2D eigenvalue weighted by Crippen LogP contribution is 2.12. The lowest BCUT2D eigenvalue weighted by atomic mass is 10.0. The molecule has 0 bridgehead atoms. The molecule has 0 aliphatic rings. The average Bonchev–Trinajstić information content (AvgIpc) is 3.15. The summed E-state index contributed by atoms with van der Waals surface area (Å²) >= 11 is 0. The molecule has 0 radical (unpaired) electrons. The minimum atomic E-state index is 0.659. The van der Waals surface area contributed by atoms with Crippen molar-refractivity contribution in [2.24, 2.45) is 0 Å². The predicted octanol–water partition coefficient (Wildman–Crippen LogP) is 11.2. The molecule has 0 amide bonds. The van der Waals surface area contributed by atoms with Crippen molar-refractivity contribution in [3.05, 3.63) is 163 Å². The first-order valence-electron chi connectivity index (χ1n) is 15.9. The van der Waals surface area contributed by atoms with Crippen LogP contribution in [0, 0.1) is 0 Å². The molecule has 0 saturated carbocycles. The summed E-state index contributed by atoms with van der Waals surface area (Å²) in [5.74, 6) is 4.05. The largest absolute Gasteiger partial charge is 0.497 e. The molecule has 48 heavy (non-hydrogen) atoms. The standard InChI is InChI=1S/2C9H12.3C7H8O.2C2H6O/c2*1-8(2)9-6-4-3-5-7-9;3*1-8-7-5-3-2-4-6-7;2*1-3-2/h2*3-8H,1-2H3;3*2-6H,1H3;2*1-2H3. The topological polar surface area (TPSA) is 46.2 Å². The molecule has 0 fully saturated rings. The number of benzene rings is 5. The molecule has 0 atom stereocenters. The average molecular weight is 657 g/mol. The zero-order valence-corrected chi connectivity index (χ0v) is 31.1. The fourth-order valence-corrected chi connectivity index (χ4v) is 3.35. The molecule has 0 aliphatic heterocycles. The van der Waals surface area contributed by atoms with E-state index in [1.165, 1.54) is 11.1 Å². The van der Waals surface area contributed by atoms with E-state index in [-0.39, 0.29) is 0 Å². The van der Waals surface area contributed by atoms with Gasteiger partial charge in [-0.1, -0.05) is 143 Å². The molecule has 0 saturated heterocycles. The zero-order chi connectivity index (χ0) is 36.3. The van der Waals surface area contributed by atoms with Gasteiger partial charge in [0.25, 0.3) is 0 Å². The molecular weight excluding hydrogens is 596 g/mol. The number of para-hydroxylation sites is 3. The molecule has 0 unspecified atom stereocenters. The van der Waals surface area contributed by atoms with E-state index in [1.807, 2.05) is 103 Å². The van der Waals surface area contributed by atoms with Gasteiger partial charge in [0, 0.05) is 28.4 Å². The van der Waals surface area contributed by atoms with Gasteiger partial charge in [-0.2, -0.15) is 0 Å². The van der Waals surface area contributed by atoms with Crippen molar-refractivity contribution in [2.45, 2.75) is 39.5 Å². The maximum Gasteiger partial charge on any atom is 0.118 e. The Hall–Kier alpha value is -4.58. The molecule has 0 aliphatic carbocycles. The quantitative estimate of drug-likeness (QED) is 0.188. The van der Waals surface area contributed by atoms with Crippen LogP contribution in [0.3, 0.4) is 0 Å². The summed E-state index contributed by atoms with van der Waals surface area (Å²) in [4.78, 5) is 0. The summed E-state index contributed by atoms with van der Waals surface area (Å²) in [7, 11) is 11.5. The fourth-order valence-electron chi connectivity index (χ4n) is 3.35. The monoisotopic (exact) mass is 656 g/mol. The van der Waals surface area contributed by atoms with Crippen LogP contribution in [0.2, 0.25) is 0 Å². The minimum Gasteiger partial charge on any atom is -0.497 e. The minimum absolute atomic E-state index is 0.659. The first-order chi connectivity index (χ1) is 23.2. The molecule has 0 aromatic heterocycles. The summed E-state index contributed by atoms with van der Waals surface area (Å²) in [5, 5.41) is 0. The van der Waals surface area contributed by atoms with Crippen molar-refractivity contribution in [3.63, 3.8) is 0 Å². The maximum atomic E-state index is 4.91. The van der Waals surface area contributed by atoms with Crippen LogP contribution in [0.1, 0.15) is 50.7 Å². The first-order valence-corrected chi connectivity index (χ1v) is 15.9. The van der Waals surface area contributed by atoms with Crippen molar-refractivity contribution in [3.8, 4) is 17.2 Å². The number of rotatable bonds is 5. The van der Waals surface area contributed by atoms with Crippen molar-refractivity contribution in [1.82, 2.24) is 0 Å². The smallest absolute Gasteiger partial charge is 0.118 e. The highest BCUT2D eigenvalue weighted by atomic mass is 16.5. The Balaban J connectivity index is 0. The third-order valence-electron chi connectivity index (χ3n) is 5.87. The number of methoxy groups -OCH3 is 5.